The first kappa shape index (κ1) is 18.3. The van der Waals surface area contributed by atoms with E-state index in [1.54, 1.807) is 23.9 Å². The molecule has 0 radical (unpaired) electrons. The van der Waals surface area contributed by atoms with Gasteiger partial charge in [0.1, 0.15) is 11.0 Å². The highest BCUT2D eigenvalue weighted by Crippen LogP contribution is 2.21. The van der Waals surface area contributed by atoms with Crippen molar-refractivity contribution in [2.45, 2.75) is 18.2 Å². The summed E-state index contributed by atoms with van der Waals surface area (Å²) in [6.45, 7) is 1.71. The fraction of sp³-hybridized carbons (Fsp3) is 0.222. The van der Waals surface area contributed by atoms with Crippen molar-refractivity contribution in [3.8, 4) is 0 Å². The molecule has 0 unspecified atom stereocenters. The van der Waals surface area contributed by atoms with Gasteiger partial charge in [-0.15, -0.1) is 11.8 Å². The third kappa shape index (κ3) is 5.03. The highest BCUT2D eigenvalue weighted by molar-refractivity contribution is 7.99. The van der Waals surface area contributed by atoms with Gasteiger partial charge in [0.15, 0.2) is 6.61 Å². The minimum atomic E-state index is -0.398. The summed E-state index contributed by atoms with van der Waals surface area (Å²) in [7, 11) is 0. The van der Waals surface area contributed by atoms with E-state index in [4.69, 9.17) is 4.74 Å². The predicted molar refractivity (Wildman–Crippen MR) is 104 cm³/mol. The maximum Gasteiger partial charge on any atom is 0.307 e. The van der Waals surface area contributed by atoms with Crippen LogP contribution in [0.3, 0.4) is 0 Å². The largest absolute Gasteiger partial charge is 0.456 e. The number of ether oxygens (including phenoxy) is 1. The van der Waals surface area contributed by atoms with E-state index in [1.165, 1.54) is 5.56 Å². The number of thioether (sulfide) groups is 1. The second kappa shape index (κ2) is 8.77. The summed E-state index contributed by atoms with van der Waals surface area (Å²) in [4.78, 5) is 24.9. The zero-order chi connectivity index (χ0) is 18.4. The van der Waals surface area contributed by atoms with Gasteiger partial charge in [0.2, 0.25) is 0 Å². The molecule has 0 saturated heterocycles. The molecular formula is C18H17N3O3S2. The van der Waals surface area contributed by atoms with E-state index in [-0.39, 0.29) is 13.0 Å². The minimum absolute atomic E-state index is 0.247. The van der Waals surface area contributed by atoms with E-state index in [0.29, 0.717) is 17.0 Å². The molecule has 3 aromatic rings. The number of hydrogen-bond acceptors (Lipinski definition) is 7. The fourth-order valence-corrected chi connectivity index (χ4v) is 3.58. The topological polar surface area (TPSA) is 81.2 Å². The predicted octanol–water partition coefficient (Wildman–Crippen LogP) is 3.66. The van der Waals surface area contributed by atoms with Gasteiger partial charge in [0, 0.05) is 10.6 Å². The first-order valence-corrected chi connectivity index (χ1v) is 9.69. The number of aromatic nitrogens is 2. The van der Waals surface area contributed by atoms with Crippen molar-refractivity contribution in [1.29, 1.82) is 0 Å². The van der Waals surface area contributed by atoms with Crippen molar-refractivity contribution in [3.05, 3.63) is 48.0 Å². The average Bonchev–Trinajstić information content (AvgIpc) is 3.11. The van der Waals surface area contributed by atoms with Crippen LogP contribution in [0.2, 0.25) is 0 Å². The van der Waals surface area contributed by atoms with Crippen molar-refractivity contribution < 1.29 is 14.3 Å². The Hall–Kier alpha value is -2.45. The van der Waals surface area contributed by atoms with Crippen molar-refractivity contribution in [3.63, 3.8) is 0 Å². The van der Waals surface area contributed by atoms with Crippen LogP contribution in [0.4, 0.5) is 5.69 Å². The van der Waals surface area contributed by atoms with Gasteiger partial charge in [-0.3, -0.25) is 9.59 Å². The Balaban J connectivity index is 1.40. The molecule has 0 spiro atoms. The van der Waals surface area contributed by atoms with Crippen LogP contribution in [0.1, 0.15) is 12.0 Å². The zero-order valence-corrected chi connectivity index (χ0v) is 15.7. The third-order valence-corrected chi connectivity index (χ3v) is 5.08. The number of amides is 1. The number of carbonyl (C=O) groups excluding carboxylic acids is 2. The number of nitrogens with one attached hydrogen (secondary N) is 1. The van der Waals surface area contributed by atoms with E-state index < -0.39 is 11.9 Å². The Morgan fingerprint density at radius 2 is 1.96 bits per heavy atom. The molecule has 0 aliphatic carbocycles. The van der Waals surface area contributed by atoms with E-state index >= 15 is 0 Å². The quantitative estimate of drug-likeness (QED) is 0.492. The summed E-state index contributed by atoms with van der Waals surface area (Å²) in [6.07, 6.45) is 0.247. The van der Waals surface area contributed by atoms with Crippen molar-refractivity contribution in [2.24, 2.45) is 0 Å². The lowest BCUT2D eigenvalue weighted by Gasteiger charge is -2.07. The highest BCUT2D eigenvalue weighted by Gasteiger charge is 2.11. The fourth-order valence-electron chi connectivity index (χ4n) is 2.20. The molecule has 0 saturated carbocycles. The smallest absolute Gasteiger partial charge is 0.307 e. The molecule has 134 valence electrons. The Kier molecular flexibility index (Phi) is 6.19. The summed E-state index contributed by atoms with van der Waals surface area (Å²) in [6, 6.07) is 13.4. The molecule has 1 amide bonds. The first-order chi connectivity index (χ1) is 12.6. The van der Waals surface area contributed by atoms with E-state index in [9.17, 15) is 9.59 Å². The van der Waals surface area contributed by atoms with Crippen LogP contribution in [-0.2, 0) is 14.3 Å². The summed E-state index contributed by atoms with van der Waals surface area (Å²) in [5.74, 6) is -0.189. The number of esters is 1. The van der Waals surface area contributed by atoms with E-state index in [1.807, 2.05) is 37.3 Å². The van der Waals surface area contributed by atoms with Crippen molar-refractivity contribution >= 4 is 52.1 Å². The molecule has 2 aromatic carbocycles. The Morgan fingerprint density at radius 1 is 1.15 bits per heavy atom. The summed E-state index contributed by atoms with van der Waals surface area (Å²) < 4.78 is 13.3. The number of nitrogens with zero attached hydrogens (tertiary/aromatic N) is 2. The number of anilines is 1. The van der Waals surface area contributed by atoms with Gasteiger partial charge in [-0.05, 0) is 31.2 Å². The molecular weight excluding hydrogens is 370 g/mol. The average molecular weight is 387 g/mol. The maximum absolute atomic E-state index is 12.0. The van der Waals surface area contributed by atoms with Gasteiger partial charge < -0.3 is 10.1 Å². The van der Waals surface area contributed by atoms with Crippen LogP contribution in [0, 0.1) is 6.92 Å². The SMILES string of the molecule is Cc1ccc(SCCC(=O)OCC(=O)Nc2cccc3nsnc23)cc1. The number of rotatable bonds is 7. The van der Waals surface area contributed by atoms with Gasteiger partial charge in [0.05, 0.1) is 23.8 Å². The summed E-state index contributed by atoms with van der Waals surface area (Å²) in [5, 5.41) is 2.70. The molecule has 6 nitrogen and oxygen atoms in total. The number of benzene rings is 2. The van der Waals surface area contributed by atoms with Crippen LogP contribution in [0.25, 0.3) is 11.0 Å². The molecule has 1 N–H and O–H groups in total. The third-order valence-electron chi connectivity index (χ3n) is 3.52. The maximum atomic E-state index is 12.0. The molecule has 0 atom stereocenters. The van der Waals surface area contributed by atoms with Gasteiger partial charge in [-0.2, -0.15) is 8.75 Å². The normalized spacial score (nSPS) is 10.7. The summed E-state index contributed by atoms with van der Waals surface area (Å²) in [5.41, 5.74) is 3.11. The van der Waals surface area contributed by atoms with Gasteiger partial charge in [0.25, 0.3) is 5.91 Å². The van der Waals surface area contributed by atoms with Crippen LogP contribution >= 0.6 is 23.5 Å². The van der Waals surface area contributed by atoms with Crippen LogP contribution < -0.4 is 5.32 Å². The number of aryl methyl sites for hydroxylation is 1. The molecule has 0 aliphatic rings. The van der Waals surface area contributed by atoms with Crippen molar-refractivity contribution in [1.82, 2.24) is 8.75 Å². The molecule has 1 aromatic heterocycles. The van der Waals surface area contributed by atoms with E-state index in [0.717, 1.165) is 22.1 Å². The molecule has 0 aliphatic heterocycles. The number of carbonyl (C=O) groups is 2. The van der Waals surface area contributed by atoms with E-state index in [2.05, 4.69) is 14.1 Å². The summed E-state index contributed by atoms with van der Waals surface area (Å²) >= 11 is 2.66. The van der Waals surface area contributed by atoms with Crippen LogP contribution in [0.5, 0.6) is 0 Å². The standard InChI is InChI=1S/C18H17N3O3S2/c1-12-5-7-13(8-6-12)25-10-9-17(23)24-11-16(22)19-14-3-2-4-15-18(14)21-26-20-15/h2-8H,9-11H2,1H3,(H,19,22). The molecule has 1 heterocycles. The monoisotopic (exact) mass is 387 g/mol. The Labute approximate surface area is 159 Å². The lowest BCUT2D eigenvalue weighted by atomic mass is 10.2. The second-order valence-electron chi connectivity index (χ2n) is 5.56. The molecule has 0 bridgehead atoms. The van der Waals surface area contributed by atoms with Crippen molar-refractivity contribution in [2.75, 3.05) is 17.7 Å². The van der Waals surface area contributed by atoms with Crippen LogP contribution in [-0.4, -0.2) is 33.0 Å². The van der Waals surface area contributed by atoms with Gasteiger partial charge in [-0.25, -0.2) is 0 Å². The molecule has 3 rings (SSSR count). The molecule has 0 fully saturated rings. The molecule has 8 heteroatoms. The highest BCUT2D eigenvalue weighted by atomic mass is 32.2. The van der Waals surface area contributed by atoms with Gasteiger partial charge in [-0.1, -0.05) is 23.8 Å². The lowest BCUT2D eigenvalue weighted by molar-refractivity contribution is -0.146. The lowest BCUT2D eigenvalue weighted by Crippen LogP contribution is -2.21. The minimum Gasteiger partial charge on any atom is -0.456 e. The second-order valence-corrected chi connectivity index (χ2v) is 7.25. The van der Waals surface area contributed by atoms with Gasteiger partial charge >= 0.3 is 5.97 Å². The molecule has 26 heavy (non-hydrogen) atoms. The number of hydrogen-bond donors (Lipinski definition) is 1. The first-order valence-electron chi connectivity index (χ1n) is 7.98. The number of fused-ring (bicyclic) bond motifs is 1. The van der Waals surface area contributed by atoms with Crippen LogP contribution in [0.15, 0.2) is 47.4 Å². The zero-order valence-electron chi connectivity index (χ0n) is 14.1. The Morgan fingerprint density at radius 3 is 2.77 bits per heavy atom. The Bertz CT molecular complexity index is 909.